The van der Waals surface area contributed by atoms with Crippen LogP contribution in [0.25, 0.3) is 11.1 Å². The highest BCUT2D eigenvalue weighted by Crippen LogP contribution is 2.24. The van der Waals surface area contributed by atoms with Gasteiger partial charge in [-0.15, -0.1) is 0 Å². The van der Waals surface area contributed by atoms with Gasteiger partial charge in [0.25, 0.3) is 0 Å². The highest BCUT2D eigenvalue weighted by Gasteiger charge is 2.25. The second kappa shape index (κ2) is 17.3. The molecule has 2 aromatic carbocycles. The Labute approximate surface area is 304 Å². The summed E-state index contributed by atoms with van der Waals surface area (Å²) in [6.07, 6.45) is 4.62. The lowest BCUT2D eigenvalue weighted by Gasteiger charge is -2.31. The molecule has 2 aliphatic heterocycles. The summed E-state index contributed by atoms with van der Waals surface area (Å²) >= 11 is 5.96. The number of hydrogen-bond donors (Lipinski definition) is 2. The first-order valence-corrected chi connectivity index (χ1v) is 17.9. The first-order chi connectivity index (χ1) is 24.8. The molecule has 51 heavy (non-hydrogen) atoms. The Morgan fingerprint density at radius 1 is 0.686 bits per heavy atom. The first kappa shape index (κ1) is 35.8. The summed E-state index contributed by atoms with van der Waals surface area (Å²) in [5.74, 6) is 2.47. The largest absolute Gasteiger partial charge is 0.445 e. The third-order valence-corrected chi connectivity index (χ3v) is 9.65. The SMILES string of the molecule is Cc1cc(NCC2CCN(C(=O)OCc3ccc(-c4ccc(COC(=O)N5CCC(CNc6cc(C)nc(Cl)n6)CC5)cc4)cc3)CC2)ncn1. The van der Waals surface area contributed by atoms with E-state index in [1.165, 1.54) is 0 Å². The fourth-order valence-electron chi connectivity index (χ4n) is 6.37. The Morgan fingerprint density at radius 2 is 1.16 bits per heavy atom. The van der Waals surface area contributed by atoms with Gasteiger partial charge in [0.05, 0.1) is 0 Å². The molecule has 2 aliphatic rings. The number of carbonyl (C=O) groups excluding carboxylic acids is 2. The van der Waals surface area contributed by atoms with E-state index in [0.717, 1.165) is 84.1 Å². The summed E-state index contributed by atoms with van der Waals surface area (Å²) in [7, 11) is 0. The molecule has 268 valence electrons. The highest BCUT2D eigenvalue weighted by molar-refractivity contribution is 6.28. The van der Waals surface area contributed by atoms with Gasteiger partial charge in [-0.1, -0.05) is 48.5 Å². The van der Waals surface area contributed by atoms with Gasteiger partial charge in [0, 0.05) is 62.8 Å². The number of nitrogens with zero attached hydrogens (tertiary/aromatic N) is 6. The van der Waals surface area contributed by atoms with Crippen LogP contribution in [0, 0.1) is 25.7 Å². The summed E-state index contributed by atoms with van der Waals surface area (Å²) in [4.78, 5) is 45.7. The van der Waals surface area contributed by atoms with E-state index >= 15 is 0 Å². The molecule has 0 aliphatic carbocycles. The third-order valence-electron chi connectivity index (χ3n) is 9.49. The number of hydrogen-bond acceptors (Lipinski definition) is 10. The number of halogens is 1. The molecule has 4 aromatic rings. The Kier molecular flexibility index (Phi) is 12.2. The van der Waals surface area contributed by atoms with Gasteiger partial charge in [-0.3, -0.25) is 0 Å². The molecule has 12 nitrogen and oxygen atoms in total. The zero-order chi connectivity index (χ0) is 35.6. The van der Waals surface area contributed by atoms with Gasteiger partial charge >= 0.3 is 12.2 Å². The van der Waals surface area contributed by atoms with E-state index in [2.05, 4.69) is 30.6 Å². The number of nitrogens with one attached hydrogen (secondary N) is 2. The number of likely N-dealkylation sites (tertiary alicyclic amines) is 2. The molecule has 2 fully saturated rings. The average molecular weight is 713 g/mol. The molecule has 2 N–H and O–H groups in total. The molecule has 0 radical (unpaired) electrons. The topological polar surface area (TPSA) is 135 Å². The van der Waals surface area contributed by atoms with Crippen molar-refractivity contribution in [1.29, 1.82) is 0 Å². The monoisotopic (exact) mass is 712 g/mol. The molecule has 0 unspecified atom stereocenters. The first-order valence-electron chi connectivity index (χ1n) is 17.6. The van der Waals surface area contributed by atoms with Gasteiger partial charge in [0.2, 0.25) is 5.28 Å². The number of amides is 2. The Morgan fingerprint density at radius 3 is 1.63 bits per heavy atom. The number of carbonyl (C=O) groups is 2. The number of ether oxygens (including phenoxy) is 2. The van der Waals surface area contributed by atoms with E-state index in [-0.39, 0.29) is 30.7 Å². The van der Waals surface area contributed by atoms with Crippen molar-refractivity contribution in [1.82, 2.24) is 29.7 Å². The minimum atomic E-state index is -0.286. The molecule has 13 heteroatoms. The normalized spacial score (nSPS) is 15.4. The standard InChI is InChI=1S/C38H45ClN8O4/c1-26-19-34(43-25-42-26)40-21-28-11-15-46(16-12-28)37(48)50-23-30-3-7-32(8-4-30)33-9-5-31(6-10-33)24-51-38(49)47-17-13-29(14-18-47)22-41-35-20-27(2)44-36(39)45-35/h3-10,19-20,25,28-29H,11-18,21-24H2,1-2H3,(H,40,42,43)(H,41,44,45). The quantitative estimate of drug-likeness (QED) is 0.155. The summed E-state index contributed by atoms with van der Waals surface area (Å²) in [6.45, 7) is 8.55. The Hall–Kier alpha value is -4.97. The fourth-order valence-corrected chi connectivity index (χ4v) is 6.60. The van der Waals surface area contributed by atoms with Gasteiger partial charge in [-0.05, 0) is 85.2 Å². The molecule has 2 aromatic heterocycles. The summed E-state index contributed by atoms with van der Waals surface area (Å²) in [6, 6.07) is 19.8. The lowest BCUT2D eigenvalue weighted by molar-refractivity contribution is 0.0826. The van der Waals surface area contributed by atoms with Crippen molar-refractivity contribution in [2.45, 2.75) is 52.7 Å². The van der Waals surface area contributed by atoms with E-state index < -0.39 is 0 Å². The van der Waals surface area contributed by atoms with E-state index in [4.69, 9.17) is 21.1 Å². The van der Waals surface area contributed by atoms with Crippen molar-refractivity contribution in [2.24, 2.45) is 11.8 Å². The van der Waals surface area contributed by atoms with Crippen LogP contribution in [0.3, 0.4) is 0 Å². The number of benzene rings is 2. The van der Waals surface area contributed by atoms with Crippen LogP contribution >= 0.6 is 11.6 Å². The van der Waals surface area contributed by atoms with E-state index in [1.54, 1.807) is 16.1 Å². The molecule has 2 amide bonds. The average Bonchev–Trinajstić information content (AvgIpc) is 3.15. The van der Waals surface area contributed by atoms with Gasteiger partial charge in [0.15, 0.2) is 0 Å². The number of aryl methyl sites for hydroxylation is 2. The van der Waals surface area contributed by atoms with Crippen LogP contribution in [0.1, 0.15) is 48.2 Å². The second-order valence-electron chi connectivity index (χ2n) is 13.3. The van der Waals surface area contributed by atoms with Crippen molar-refractivity contribution in [3.8, 4) is 11.1 Å². The summed E-state index contributed by atoms with van der Waals surface area (Å²) in [5.41, 5.74) is 5.71. The molecular formula is C38H45ClN8O4. The van der Waals surface area contributed by atoms with Crippen molar-refractivity contribution < 1.29 is 19.1 Å². The molecule has 6 rings (SSSR count). The van der Waals surface area contributed by atoms with Crippen molar-refractivity contribution in [3.63, 3.8) is 0 Å². The predicted octanol–water partition coefficient (Wildman–Crippen LogP) is 7.13. The maximum atomic E-state index is 12.7. The van der Waals surface area contributed by atoms with Crippen molar-refractivity contribution >= 4 is 35.4 Å². The van der Waals surface area contributed by atoms with Crippen LogP contribution in [0.15, 0.2) is 67.0 Å². The smallest absolute Gasteiger partial charge is 0.410 e. The molecule has 4 heterocycles. The zero-order valence-electron chi connectivity index (χ0n) is 29.2. The van der Waals surface area contributed by atoms with Gasteiger partial charge in [0.1, 0.15) is 31.2 Å². The maximum Gasteiger partial charge on any atom is 0.410 e. The van der Waals surface area contributed by atoms with E-state index in [9.17, 15) is 9.59 Å². The summed E-state index contributed by atoms with van der Waals surface area (Å²) in [5, 5.41) is 6.96. The zero-order valence-corrected chi connectivity index (χ0v) is 29.9. The number of piperidine rings is 2. The fraction of sp³-hybridized carbons (Fsp3) is 0.421. The van der Waals surface area contributed by atoms with Crippen molar-refractivity contribution in [2.75, 3.05) is 49.9 Å². The number of aromatic nitrogens is 4. The Bertz CT molecular complexity index is 1740. The minimum absolute atomic E-state index is 0.218. The lowest BCUT2D eigenvalue weighted by Crippen LogP contribution is -2.40. The molecular weight excluding hydrogens is 668 g/mol. The molecule has 0 atom stereocenters. The summed E-state index contributed by atoms with van der Waals surface area (Å²) < 4.78 is 11.3. The molecule has 0 saturated carbocycles. The van der Waals surface area contributed by atoms with Crippen LogP contribution in [-0.2, 0) is 22.7 Å². The Balaban J connectivity index is 0.869. The predicted molar refractivity (Wildman–Crippen MR) is 196 cm³/mol. The van der Waals surface area contributed by atoms with Crippen LogP contribution < -0.4 is 10.6 Å². The van der Waals surface area contributed by atoms with Crippen LogP contribution in [0.2, 0.25) is 5.28 Å². The molecule has 2 saturated heterocycles. The van der Waals surface area contributed by atoms with Gasteiger partial charge in [-0.25, -0.2) is 29.5 Å². The maximum absolute atomic E-state index is 12.7. The van der Waals surface area contributed by atoms with Gasteiger partial charge in [-0.2, -0.15) is 0 Å². The van der Waals surface area contributed by atoms with Gasteiger partial charge < -0.3 is 29.9 Å². The van der Waals surface area contributed by atoms with Crippen LogP contribution in [-0.4, -0.2) is 81.2 Å². The third kappa shape index (κ3) is 10.5. The van der Waals surface area contributed by atoms with Crippen LogP contribution in [0.5, 0.6) is 0 Å². The molecule has 0 bridgehead atoms. The highest BCUT2D eigenvalue weighted by atomic mass is 35.5. The van der Waals surface area contributed by atoms with Crippen LogP contribution in [0.4, 0.5) is 21.2 Å². The molecule has 0 spiro atoms. The van der Waals surface area contributed by atoms with Crippen molar-refractivity contribution in [3.05, 3.63) is 94.8 Å². The lowest BCUT2D eigenvalue weighted by atomic mass is 9.97. The van der Waals surface area contributed by atoms with E-state index in [1.807, 2.05) is 74.5 Å². The number of anilines is 2. The minimum Gasteiger partial charge on any atom is -0.445 e. The van der Waals surface area contributed by atoms with E-state index in [0.29, 0.717) is 38.0 Å². The number of rotatable bonds is 11. The second-order valence-corrected chi connectivity index (χ2v) is 13.7.